The number of benzene rings is 2. The quantitative estimate of drug-likeness (QED) is 0.828. The van der Waals surface area contributed by atoms with Gasteiger partial charge in [-0.25, -0.2) is 4.79 Å². The molecule has 0 radical (unpaired) electrons. The van der Waals surface area contributed by atoms with Crippen molar-refractivity contribution in [3.63, 3.8) is 0 Å². The van der Waals surface area contributed by atoms with Gasteiger partial charge in [0.2, 0.25) is 0 Å². The molecule has 0 aliphatic carbocycles. The van der Waals surface area contributed by atoms with E-state index in [2.05, 4.69) is 5.32 Å². The largest absolute Gasteiger partial charge is 0.326 e. The molecule has 4 amide bonds. The molecule has 6 nitrogen and oxygen atoms in total. The first-order valence-corrected chi connectivity index (χ1v) is 9.15. The van der Waals surface area contributed by atoms with Crippen molar-refractivity contribution in [1.29, 1.82) is 0 Å². The van der Waals surface area contributed by atoms with E-state index >= 15 is 0 Å². The second-order valence-corrected chi connectivity index (χ2v) is 7.15. The minimum absolute atomic E-state index is 0.208. The zero-order chi connectivity index (χ0) is 19.1. The summed E-state index contributed by atoms with van der Waals surface area (Å²) in [4.78, 5) is 40.7. The van der Waals surface area contributed by atoms with Crippen molar-refractivity contribution >= 4 is 29.2 Å². The van der Waals surface area contributed by atoms with Crippen LogP contribution in [0.4, 0.5) is 16.2 Å². The van der Waals surface area contributed by atoms with Gasteiger partial charge < -0.3 is 5.32 Å². The van der Waals surface area contributed by atoms with Gasteiger partial charge in [0, 0.05) is 24.0 Å². The van der Waals surface area contributed by atoms with E-state index in [9.17, 15) is 14.4 Å². The number of nitrogens with zero attached hydrogens (tertiary/aromatic N) is 2. The predicted octanol–water partition coefficient (Wildman–Crippen LogP) is 3.68. The Balaban J connectivity index is 1.58. The maximum Gasteiger partial charge on any atom is 0.326 e. The fourth-order valence-electron chi connectivity index (χ4n) is 3.74. The predicted molar refractivity (Wildman–Crippen MR) is 103 cm³/mol. The number of rotatable bonds is 2. The third kappa shape index (κ3) is 2.87. The number of hydrogen-bond donors (Lipinski definition) is 1. The first kappa shape index (κ1) is 17.3. The molecule has 2 aromatic carbocycles. The maximum atomic E-state index is 12.8. The Bertz CT molecular complexity index is 951. The molecule has 2 aliphatic rings. The van der Waals surface area contributed by atoms with E-state index in [1.807, 2.05) is 24.3 Å². The Morgan fingerprint density at radius 1 is 1.04 bits per heavy atom. The zero-order valence-corrected chi connectivity index (χ0v) is 15.4. The molecule has 0 saturated carbocycles. The number of fused-ring (bicyclic) bond motifs is 2. The summed E-state index contributed by atoms with van der Waals surface area (Å²) in [5.74, 6) is -0.600. The molecule has 1 N–H and O–H groups in total. The highest BCUT2D eigenvalue weighted by molar-refractivity contribution is 6.22. The SMILES string of the molecule is CC(C)N1C(=O)c2ccc(NC(=O)N3CCCc4ccccc43)cc2C1=O. The molecule has 138 valence electrons. The molecule has 0 fully saturated rings. The van der Waals surface area contributed by atoms with Crippen LogP contribution in [-0.4, -0.2) is 35.3 Å². The third-order valence-corrected chi connectivity index (χ3v) is 5.04. The van der Waals surface area contributed by atoms with Crippen molar-refractivity contribution in [2.45, 2.75) is 32.7 Å². The second kappa shape index (κ2) is 6.54. The molecule has 0 saturated heterocycles. The summed E-state index contributed by atoms with van der Waals surface area (Å²) in [6.45, 7) is 4.25. The molecule has 4 rings (SSSR count). The number of hydrogen-bond acceptors (Lipinski definition) is 3. The number of imide groups is 1. The summed E-state index contributed by atoms with van der Waals surface area (Å²) in [6.07, 6.45) is 1.87. The van der Waals surface area contributed by atoms with Gasteiger partial charge in [-0.15, -0.1) is 0 Å². The summed E-state index contributed by atoms with van der Waals surface area (Å²) in [7, 11) is 0. The lowest BCUT2D eigenvalue weighted by atomic mass is 10.0. The van der Waals surface area contributed by atoms with Crippen molar-refractivity contribution in [3.8, 4) is 0 Å². The lowest BCUT2D eigenvalue weighted by molar-refractivity contribution is 0.0609. The molecule has 0 spiro atoms. The first-order valence-electron chi connectivity index (χ1n) is 9.15. The van der Waals surface area contributed by atoms with E-state index in [0.29, 0.717) is 23.4 Å². The molecule has 0 bridgehead atoms. The normalized spacial score (nSPS) is 15.8. The molecule has 0 aromatic heterocycles. The fraction of sp³-hybridized carbons (Fsp3) is 0.286. The number of aryl methyl sites for hydroxylation is 1. The van der Waals surface area contributed by atoms with Crippen molar-refractivity contribution in [3.05, 3.63) is 59.2 Å². The van der Waals surface area contributed by atoms with E-state index in [1.54, 1.807) is 36.9 Å². The highest BCUT2D eigenvalue weighted by Gasteiger charge is 2.37. The van der Waals surface area contributed by atoms with Crippen LogP contribution in [0.25, 0.3) is 0 Å². The number of nitrogens with one attached hydrogen (secondary N) is 1. The van der Waals surface area contributed by atoms with Crippen LogP contribution in [0.5, 0.6) is 0 Å². The molecule has 2 heterocycles. The van der Waals surface area contributed by atoms with Gasteiger partial charge in [-0.2, -0.15) is 0 Å². The van der Waals surface area contributed by atoms with Crippen LogP contribution in [0, 0.1) is 0 Å². The molecule has 0 unspecified atom stereocenters. The molecule has 6 heteroatoms. The average molecular weight is 363 g/mol. The number of carbonyl (C=O) groups excluding carboxylic acids is 3. The topological polar surface area (TPSA) is 69.7 Å². The van der Waals surface area contributed by atoms with E-state index in [4.69, 9.17) is 0 Å². The molecule has 2 aromatic rings. The minimum atomic E-state index is -0.315. The number of anilines is 2. The second-order valence-electron chi connectivity index (χ2n) is 7.15. The van der Waals surface area contributed by atoms with E-state index in [0.717, 1.165) is 24.1 Å². The number of para-hydroxylation sites is 1. The average Bonchev–Trinajstić information content (AvgIpc) is 2.91. The number of amides is 4. The third-order valence-electron chi connectivity index (χ3n) is 5.04. The Morgan fingerprint density at radius 3 is 2.56 bits per heavy atom. The Kier molecular flexibility index (Phi) is 4.18. The Morgan fingerprint density at radius 2 is 1.78 bits per heavy atom. The lowest BCUT2D eigenvalue weighted by Crippen LogP contribution is -2.38. The van der Waals surface area contributed by atoms with Gasteiger partial charge in [0.15, 0.2) is 0 Å². The van der Waals surface area contributed by atoms with E-state index < -0.39 is 0 Å². The summed E-state index contributed by atoms with van der Waals surface area (Å²) in [5, 5.41) is 2.87. The van der Waals surface area contributed by atoms with Crippen molar-refractivity contribution in [2.24, 2.45) is 0 Å². The number of urea groups is 1. The standard InChI is InChI=1S/C21H21N3O3/c1-13(2)24-19(25)16-10-9-15(12-17(16)20(24)26)22-21(27)23-11-5-7-14-6-3-4-8-18(14)23/h3-4,6,8-10,12-13H,5,7,11H2,1-2H3,(H,22,27). The van der Waals surface area contributed by atoms with Crippen LogP contribution in [-0.2, 0) is 6.42 Å². The summed E-state index contributed by atoms with van der Waals surface area (Å²) in [5.41, 5.74) is 3.30. The van der Waals surface area contributed by atoms with Gasteiger partial charge in [-0.05, 0) is 56.5 Å². The molecular weight excluding hydrogens is 342 g/mol. The van der Waals surface area contributed by atoms with Crippen molar-refractivity contribution < 1.29 is 14.4 Å². The minimum Gasteiger partial charge on any atom is -0.308 e. The van der Waals surface area contributed by atoms with Gasteiger partial charge in [0.25, 0.3) is 11.8 Å². The van der Waals surface area contributed by atoms with Crippen LogP contribution in [0.2, 0.25) is 0 Å². The fourth-order valence-corrected chi connectivity index (χ4v) is 3.74. The monoisotopic (exact) mass is 363 g/mol. The van der Waals surface area contributed by atoms with Crippen molar-refractivity contribution in [1.82, 2.24) is 4.90 Å². The molecular formula is C21H21N3O3. The van der Waals surface area contributed by atoms with Crippen molar-refractivity contribution in [2.75, 3.05) is 16.8 Å². The van der Waals surface area contributed by atoms with Crippen LogP contribution in [0.1, 0.15) is 46.5 Å². The van der Waals surface area contributed by atoms with Crippen LogP contribution in [0.15, 0.2) is 42.5 Å². The summed E-state index contributed by atoms with van der Waals surface area (Å²) < 4.78 is 0. The van der Waals surface area contributed by atoms with Gasteiger partial charge in [0.05, 0.1) is 11.1 Å². The Labute approximate surface area is 157 Å². The van der Waals surface area contributed by atoms with Gasteiger partial charge in [0.1, 0.15) is 0 Å². The molecule has 27 heavy (non-hydrogen) atoms. The lowest BCUT2D eigenvalue weighted by Gasteiger charge is -2.29. The zero-order valence-electron chi connectivity index (χ0n) is 15.4. The maximum absolute atomic E-state index is 12.8. The Hall–Kier alpha value is -3.15. The van der Waals surface area contributed by atoms with Crippen LogP contribution in [0.3, 0.4) is 0 Å². The van der Waals surface area contributed by atoms with Crippen LogP contribution < -0.4 is 10.2 Å². The highest BCUT2D eigenvalue weighted by atomic mass is 16.2. The molecule has 0 atom stereocenters. The van der Waals surface area contributed by atoms with Gasteiger partial charge in [-0.1, -0.05) is 18.2 Å². The van der Waals surface area contributed by atoms with Crippen LogP contribution >= 0.6 is 0 Å². The van der Waals surface area contributed by atoms with Gasteiger partial charge >= 0.3 is 6.03 Å². The summed E-state index contributed by atoms with van der Waals surface area (Å²) >= 11 is 0. The van der Waals surface area contributed by atoms with E-state index in [1.165, 1.54) is 4.90 Å². The molecule has 2 aliphatic heterocycles. The van der Waals surface area contributed by atoms with E-state index in [-0.39, 0.29) is 23.9 Å². The smallest absolute Gasteiger partial charge is 0.308 e. The first-order chi connectivity index (χ1) is 13.0. The highest BCUT2D eigenvalue weighted by Crippen LogP contribution is 2.29. The van der Waals surface area contributed by atoms with Gasteiger partial charge in [-0.3, -0.25) is 19.4 Å². The summed E-state index contributed by atoms with van der Waals surface area (Å²) in [6, 6.07) is 12.3. The number of carbonyl (C=O) groups is 3.